The Morgan fingerprint density at radius 2 is 1.90 bits per heavy atom. The maximum absolute atomic E-state index is 11.2. The van der Waals surface area contributed by atoms with Gasteiger partial charge in [-0.2, -0.15) is 0 Å². The first-order valence-electron chi connectivity index (χ1n) is 11.5. The van der Waals surface area contributed by atoms with Crippen molar-refractivity contribution in [2.45, 2.75) is 65.8 Å². The maximum atomic E-state index is 11.2. The maximum Gasteiger partial charge on any atom is 0.222 e. The number of unbranched alkanes of at least 4 members (excludes halogenated alkanes) is 1. The van der Waals surface area contributed by atoms with E-state index in [0.29, 0.717) is 19.1 Å². The number of anilines is 1. The summed E-state index contributed by atoms with van der Waals surface area (Å²) in [4.78, 5) is 16.1. The zero-order valence-corrected chi connectivity index (χ0v) is 20.4. The zero-order valence-electron chi connectivity index (χ0n) is 19.7. The van der Waals surface area contributed by atoms with Crippen LogP contribution in [0, 0.1) is 0 Å². The summed E-state index contributed by atoms with van der Waals surface area (Å²) in [5.74, 6) is 0.0884. The normalized spacial score (nSPS) is 15.3. The number of hydrogen-bond donors (Lipinski definition) is 1. The summed E-state index contributed by atoms with van der Waals surface area (Å²) in [5, 5.41) is 3.87. The Hall–Kier alpha value is -1.30. The number of carbonyl (C=O) groups is 1. The molecule has 1 unspecified atom stereocenters. The van der Waals surface area contributed by atoms with Gasteiger partial charge in [-0.25, -0.2) is 0 Å². The SMILES string of the molecule is CCCCC(C)NC(=O)CCOC.CCc1cccc(N2CCN(CC)CC2)c1Cl. The second kappa shape index (κ2) is 15.5. The molecule has 6 heteroatoms. The number of halogens is 1. The fourth-order valence-corrected chi connectivity index (χ4v) is 3.89. The first-order valence-corrected chi connectivity index (χ1v) is 11.9. The van der Waals surface area contributed by atoms with Gasteiger partial charge < -0.3 is 19.9 Å². The van der Waals surface area contributed by atoms with Crippen molar-refractivity contribution in [1.82, 2.24) is 10.2 Å². The summed E-state index contributed by atoms with van der Waals surface area (Å²) in [5.41, 5.74) is 2.46. The first kappa shape index (κ1) is 26.7. The van der Waals surface area contributed by atoms with E-state index in [2.05, 4.69) is 54.1 Å². The molecule has 0 saturated carbocycles. The van der Waals surface area contributed by atoms with Crippen molar-refractivity contribution in [3.05, 3.63) is 28.8 Å². The van der Waals surface area contributed by atoms with Crippen LogP contribution in [0.25, 0.3) is 0 Å². The monoisotopic (exact) mass is 439 g/mol. The summed E-state index contributed by atoms with van der Waals surface area (Å²) in [6.07, 6.45) is 4.88. The summed E-state index contributed by atoms with van der Waals surface area (Å²) in [7, 11) is 1.60. The Morgan fingerprint density at radius 3 is 2.47 bits per heavy atom. The van der Waals surface area contributed by atoms with Gasteiger partial charge in [0.25, 0.3) is 0 Å². The lowest BCUT2D eigenvalue weighted by atomic mass is 10.1. The van der Waals surface area contributed by atoms with Crippen LogP contribution in [0.4, 0.5) is 5.69 Å². The van der Waals surface area contributed by atoms with Crippen molar-refractivity contribution in [3.8, 4) is 0 Å². The van der Waals surface area contributed by atoms with E-state index in [1.54, 1.807) is 7.11 Å². The lowest BCUT2D eigenvalue weighted by Gasteiger charge is -2.36. The molecule has 1 N–H and O–H groups in total. The number of hydrogen-bond acceptors (Lipinski definition) is 4. The zero-order chi connectivity index (χ0) is 22.4. The number of ether oxygens (including phenoxy) is 1. The number of benzene rings is 1. The fraction of sp³-hybridized carbons (Fsp3) is 0.708. The van der Waals surface area contributed by atoms with E-state index < -0.39 is 0 Å². The van der Waals surface area contributed by atoms with Crippen LogP contribution in [-0.4, -0.2) is 63.3 Å². The van der Waals surface area contributed by atoms with Crippen molar-refractivity contribution in [2.24, 2.45) is 0 Å². The summed E-state index contributed by atoms with van der Waals surface area (Å²) >= 11 is 6.46. The van der Waals surface area contributed by atoms with E-state index in [-0.39, 0.29) is 5.91 Å². The Bertz CT molecular complexity index is 604. The van der Waals surface area contributed by atoms with Crippen molar-refractivity contribution < 1.29 is 9.53 Å². The lowest BCUT2D eigenvalue weighted by Crippen LogP contribution is -2.46. The van der Waals surface area contributed by atoms with Crippen LogP contribution in [0.2, 0.25) is 5.02 Å². The second-order valence-electron chi connectivity index (χ2n) is 7.88. The molecule has 5 nitrogen and oxygen atoms in total. The molecule has 0 radical (unpaired) electrons. The topological polar surface area (TPSA) is 44.8 Å². The summed E-state index contributed by atoms with van der Waals surface area (Å²) in [6.45, 7) is 14.7. The third-order valence-corrected chi connectivity index (χ3v) is 5.97. The van der Waals surface area contributed by atoms with Gasteiger partial charge in [0.05, 0.1) is 17.3 Å². The third kappa shape index (κ3) is 9.67. The standard InChI is InChI=1S/C14H21ClN2.C10H21NO2/c1-3-12-6-5-7-13(14(12)15)17-10-8-16(4-2)9-11-17;1-4-5-6-9(2)11-10(12)7-8-13-3/h5-7H,3-4,8-11H2,1-2H3;9H,4-8H2,1-3H3,(H,11,12). The highest BCUT2D eigenvalue weighted by atomic mass is 35.5. The Labute approximate surface area is 189 Å². The number of carbonyl (C=O) groups excluding carboxylic acids is 1. The van der Waals surface area contributed by atoms with Gasteiger partial charge in [-0.3, -0.25) is 4.79 Å². The van der Waals surface area contributed by atoms with Crippen LogP contribution in [0.3, 0.4) is 0 Å². The van der Waals surface area contributed by atoms with E-state index in [9.17, 15) is 4.79 Å². The molecule has 1 atom stereocenters. The van der Waals surface area contributed by atoms with Crippen LogP contribution in [0.15, 0.2) is 18.2 Å². The van der Waals surface area contributed by atoms with Gasteiger partial charge in [-0.05, 0) is 37.9 Å². The number of nitrogens with zero attached hydrogens (tertiary/aromatic N) is 2. The van der Waals surface area contributed by atoms with Gasteiger partial charge in [0, 0.05) is 45.8 Å². The van der Waals surface area contributed by atoms with Gasteiger partial charge in [-0.15, -0.1) is 0 Å². The van der Waals surface area contributed by atoms with Crippen LogP contribution < -0.4 is 10.2 Å². The summed E-state index contributed by atoms with van der Waals surface area (Å²) < 4.78 is 4.81. The average Bonchev–Trinajstić information content (AvgIpc) is 2.77. The molecule has 1 fully saturated rings. The quantitative estimate of drug-likeness (QED) is 0.570. The molecule has 1 heterocycles. The molecule has 0 aliphatic carbocycles. The van der Waals surface area contributed by atoms with Gasteiger partial charge in [0.15, 0.2) is 0 Å². The lowest BCUT2D eigenvalue weighted by molar-refractivity contribution is -0.122. The number of likely N-dealkylation sites (N-methyl/N-ethyl adjacent to an activating group) is 1. The Balaban J connectivity index is 0.000000314. The molecule has 1 saturated heterocycles. The largest absolute Gasteiger partial charge is 0.384 e. The van der Waals surface area contributed by atoms with Crippen LogP contribution in [0.1, 0.15) is 58.9 Å². The van der Waals surface area contributed by atoms with E-state index in [1.165, 1.54) is 24.1 Å². The Morgan fingerprint density at radius 1 is 1.20 bits per heavy atom. The average molecular weight is 440 g/mol. The molecule has 1 aliphatic rings. The highest BCUT2D eigenvalue weighted by molar-refractivity contribution is 6.34. The minimum Gasteiger partial charge on any atom is -0.384 e. The molecule has 0 bridgehead atoms. The van der Waals surface area contributed by atoms with Crippen molar-refractivity contribution in [2.75, 3.05) is 51.3 Å². The predicted molar refractivity (Wildman–Crippen MR) is 129 cm³/mol. The molecular formula is C24H42ClN3O2. The van der Waals surface area contributed by atoms with Gasteiger partial charge in [0.2, 0.25) is 5.91 Å². The van der Waals surface area contributed by atoms with Crippen LogP contribution >= 0.6 is 11.6 Å². The van der Waals surface area contributed by atoms with Crippen molar-refractivity contribution in [3.63, 3.8) is 0 Å². The molecule has 1 amide bonds. The molecule has 0 spiro atoms. The molecule has 1 aliphatic heterocycles. The Kier molecular flexibility index (Phi) is 13.8. The number of methoxy groups -OCH3 is 1. The van der Waals surface area contributed by atoms with Gasteiger partial charge in [0.1, 0.15) is 0 Å². The van der Waals surface area contributed by atoms with Crippen LogP contribution in [-0.2, 0) is 16.0 Å². The number of piperazine rings is 1. The molecule has 1 aromatic rings. The number of nitrogens with one attached hydrogen (secondary N) is 1. The summed E-state index contributed by atoms with van der Waals surface area (Å²) in [6, 6.07) is 6.67. The van der Waals surface area contributed by atoms with E-state index in [4.69, 9.17) is 16.3 Å². The molecule has 0 aromatic heterocycles. The van der Waals surface area contributed by atoms with Gasteiger partial charge >= 0.3 is 0 Å². The third-order valence-electron chi connectivity index (χ3n) is 5.53. The fourth-order valence-electron chi connectivity index (χ4n) is 3.51. The first-order chi connectivity index (χ1) is 14.5. The highest BCUT2D eigenvalue weighted by Gasteiger charge is 2.18. The van der Waals surface area contributed by atoms with E-state index in [0.717, 1.165) is 50.6 Å². The number of aryl methyl sites for hydroxylation is 1. The molecule has 172 valence electrons. The van der Waals surface area contributed by atoms with E-state index >= 15 is 0 Å². The van der Waals surface area contributed by atoms with Crippen molar-refractivity contribution in [1.29, 1.82) is 0 Å². The predicted octanol–water partition coefficient (Wildman–Crippen LogP) is 4.76. The number of amides is 1. The van der Waals surface area contributed by atoms with Gasteiger partial charge in [-0.1, -0.05) is 57.3 Å². The molecule has 1 aromatic carbocycles. The number of rotatable bonds is 10. The van der Waals surface area contributed by atoms with Crippen molar-refractivity contribution >= 4 is 23.2 Å². The smallest absolute Gasteiger partial charge is 0.222 e. The highest BCUT2D eigenvalue weighted by Crippen LogP contribution is 2.30. The minimum atomic E-state index is 0.0884. The second-order valence-corrected chi connectivity index (χ2v) is 8.26. The van der Waals surface area contributed by atoms with E-state index in [1.807, 2.05) is 6.92 Å². The molecule has 2 rings (SSSR count). The van der Waals surface area contributed by atoms with Crippen LogP contribution in [0.5, 0.6) is 0 Å². The molecular weight excluding hydrogens is 398 g/mol. The minimum absolute atomic E-state index is 0.0884. The molecule has 30 heavy (non-hydrogen) atoms.